The van der Waals surface area contributed by atoms with E-state index in [2.05, 4.69) is 4.72 Å². The van der Waals surface area contributed by atoms with Gasteiger partial charge in [-0.25, -0.2) is 8.42 Å². The summed E-state index contributed by atoms with van der Waals surface area (Å²) in [6.45, 7) is 5.82. The monoisotopic (exact) mass is 408 g/mol. The fraction of sp³-hybridized carbons (Fsp3) is 0.600. The third-order valence-electron chi connectivity index (χ3n) is 6.96. The first-order valence-electron chi connectivity index (χ1n) is 9.50. The second-order valence-electron chi connectivity index (χ2n) is 8.82. The number of hydrogen-bond acceptors (Lipinski definition) is 5. The fourth-order valence-corrected chi connectivity index (χ4v) is 6.81. The van der Waals surface area contributed by atoms with E-state index in [9.17, 15) is 18.0 Å². The molecule has 8 heteroatoms. The van der Waals surface area contributed by atoms with Crippen molar-refractivity contribution in [2.45, 2.75) is 52.5 Å². The second kappa shape index (κ2) is 6.84. The van der Waals surface area contributed by atoms with E-state index in [1.54, 1.807) is 18.2 Å². The Labute approximate surface area is 165 Å². The molecule has 2 fully saturated rings. The minimum Gasteiger partial charge on any atom is -0.480 e. The van der Waals surface area contributed by atoms with Crippen LogP contribution in [0.15, 0.2) is 18.2 Å². The molecule has 2 saturated carbocycles. The Balaban J connectivity index is 1.82. The molecular formula is C20H28N2O5S. The maximum absolute atomic E-state index is 12.9. The second-order valence-corrected chi connectivity index (χ2v) is 10.5. The summed E-state index contributed by atoms with van der Waals surface area (Å²) in [5.74, 6) is -1.03. The van der Waals surface area contributed by atoms with E-state index < -0.39 is 27.4 Å². The van der Waals surface area contributed by atoms with Crippen molar-refractivity contribution in [3.8, 4) is 0 Å². The molecule has 1 aromatic carbocycles. The molecule has 0 unspecified atom stereocenters. The van der Waals surface area contributed by atoms with Gasteiger partial charge in [-0.3, -0.25) is 14.3 Å². The van der Waals surface area contributed by atoms with Crippen LogP contribution in [0, 0.1) is 23.7 Å². The first kappa shape index (κ1) is 20.8. The molecule has 154 valence electrons. The lowest BCUT2D eigenvalue weighted by Gasteiger charge is -2.36. The van der Waals surface area contributed by atoms with Gasteiger partial charge in [0.15, 0.2) is 0 Å². The Morgan fingerprint density at radius 3 is 2.61 bits per heavy atom. The Kier molecular flexibility index (Phi) is 5.08. The van der Waals surface area contributed by atoms with Gasteiger partial charge in [-0.2, -0.15) is 0 Å². The number of anilines is 1. The van der Waals surface area contributed by atoms with Crippen molar-refractivity contribution in [2.75, 3.05) is 10.5 Å². The molecule has 0 aromatic heterocycles. The maximum atomic E-state index is 12.9. The first-order chi connectivity index (χ1) is 12.9. The van der Waals surface area contributed by atoms with Crippen molar-refractivity contribution < 1.29 is 23.1 Å². The van der Waals surface area contributed by atoms with Gasteiger partial charge in [0.05, 0.1) is 11.2 Å². The van der Waals surface area contributed by atoms with Crippen molar-refractivity contribution in [1.82, 2.24) is 0 Å². The zero-order valence-electron chi connectivity index (χ0n) is 16.5. The summed E-state index contributed by atoms with van der Waals surface area (Å²) in [5, 5.41) is 9.01. The van der Waals surface area contributed by atoms with Crippen molar-refractivity contribution in [3.05, 3.63) is 29.3 Å². The number of carboxylic acids is 1. The van der Waals surface area contributed by atoms with Crippen molar-refractivity contribution >= 4 is 27.5 Å². The molecule has 1 aromatic rings. The van der Waals surface area contributed by atoms with E-state index in [0.29, 0.717) is 24.1 Å². The van der Waals surface area contributed by atoms with Crippen LogP contribution in [-0.4, -0.2) is 37.1 Å². The molecule has 2 aliphatic carbocycles. The summed E-state index contributed by atoms with van der Waals surface area (Å²) in [6.07, 6.45) is 2.06. The summed E-state index contributed by atoms with van der Waals surface area (Å²) < 4.78 is 28.4. The normalized spacial score (nSPS) is 27.0. The van der Waals surface area contributed by atoms with Crippen LogP contribution in [-0.2, 0) is 26.0 Å². The molecule has 0 amide bonds. The fourth-order valence-electron chi connectivity index (χ4n) is 4.93. The van der Waals surface area contributed by atoms with Crippen molar-refractivity contribution in [3.63, 3.8) is 0 Å². The number of benzene rings is 1. The number of carboxylic acid groups (broad SMARTS) is 1. The third kappa shape index (κ3) is 3.43. The number of rotatable bonds is 7. The molecule has 4 N–H and O–H groups in total. The van der Waals surface area contributed by atoms with Crippen LogP contribution in [0.1, 0.15) is 44.2 Å². The van der Waals surface area contributed by atoms with Crippen LogP contribution >= 0.6 is 0 Å². The molecule has 0 radical (unpaired) electrons. The molecule has 0 saturated heterocycles. The Bertz CT molecular complexity index is 925. The molecule has 3 rings (SSSR count). The summed E-state index contributed by atoms with van der Waals surface area (Å²) in [4.78, 5) is 23.6. The molecule has 2 aliphatic rings. The maximum Gasteiger partial charge on any atom is 0.320 e. The lowest BCUT2D eigenvalue weighted by molar-refractivity contribution is -0.138. The number of carbonyl (C=O) groups is 2. The lowest BCUT2D eigenvalue weighted by Crippen LogP contribution is -2.43. The Morgan fingerprint density at radius 1 is 1.39 bits per heavy atom. The van der Waals surface area contributed by atoms with Crippen LogP contribution in [0.2, 0.25) is 0 Å². The largest absolute Gasteiger partial charge is 0.480 e. The zero-order valence-corrected chi connectivity index (χ0v) is 17.3. The molecule has 0 spiro atoms. The number of fused-ring (bicyclic) bond motifs is 2. The number of aryl methyl sites for hydroxylation is 1. The van der Waals surface area contributed by atoms with Crippen molar-refractivity contribution in [1.29, 1.82) is 0 Å². The zero-order chi connectivity index (χ0) is 20.9. The van der Waals surface area contributed by atoms with Crippen LogP contribution in [0.3, 0.4) is 0 Å². The summed E-state index contributed by atoms with van der Waals surface area (Å²) in [7, 11) is -3.76. The number of carbonyl (C=O) groups excluding carboxylic acids is 1. The number of aliphatic carboxylic acids is 1. The lowest BCUT2D eigenvalue weighted by atomic mass is 9.70. The highest BCUT2D eigenvalue weighted by Crippen LogP contribution is 2.64. The third-order valence-corrected chi connectivity index (χ3v) is 8.37. The predicted molar refractivity (Wildman–Crippen MR) is 106 cm³/mol. The highest BCUT2D eigenvalue weighted by Gasteiger charge is 2.65. The highest BCUT2D eigenvalue weighted by molar-refractivity contribution is 7.92. The van der Waals surface area contributed by atoms with Gasteiger partial charge in [-0.1, -0.05) is 19.9 Å². The SMILES string of the molecule is Cc1ccc(NS(=O)(=O)C[C@@]23CC[C@H](CC2=O)C3(C)C)cc1C[C@H](N)C(=O)O. The molecule has 2 bridgehead atoms. The minimum absolute atomic E-state index is 0.0520. The minimum atomic E-state index is -3.76. The summed E-state index contributed by atoms with van der Waals surface area (Å²) >= 11 is 0. The van der Waals surface area contributed by atoms with Crippen LogP contribution in [0.25, 0.3) is 0 Å². The van der Waals surface area contributed by atoms with Gasteiger partial charge < -0.3 is 10.8 Å². The van der Waals surface area contributed by atoms with Gasteiger partial charge in [-0.05, 0) is 60.8 Å². The topological polar surface area (TPSA) is 127 Å². The predicted octanol–water partition coefficient (Wildman–Crippen LogP) is 2.09. The van der Waals surface area contributed by atoms with E-state index in [1.165, 1.54) is 0 Å². The molecule has 7 nitrogen and oxygen atoms in total. The van der Waals surface area contributed by atoms with Gasteiger partial charge in [-0.15, -0.1) is 0 Å². The van der Waals surface area contributed by atoms with Gasteiger partial charge in [0.2, 0.25) is 10.0 Å². The molecule has 0 heterocycles. The smallest absolute Gasteiger partial charge is 0.320 e. The number of nitrogens with two attached hydrogens (primary N) is 1. The Hall–Kier alpha value is -1.93. The van der Waals surface area contributed by atoms with Crippen LogP contribution < -0.4 is 10.5 Å². The van der Waals surface area contributed by atoms with E-state index in [0.717, 1.165) is 12.0 Å². The van der Waals surface area contributed by atoms with E-state index >= 15 is 0 Å². The van der Waals surface area contributed by atoms with Gasteiger partial charge in [0, 0.05) is 12.1 Å². The quantitative estimate of drug-likeness (QED) is 0.634. The number of ketones is 1. The molecule has 0 aliphatic heterocycles. The Morgan fingerprint density at radius 2 is 2.07 bits per heavy atom. The van der Waals surface area contributed by atoms with Crippen molar-refractivity contribution in [2.24, 2.45) is 22.5 Å². The first-order valence-corrected chi connectivity index (χ1v) is 11.1. The van der Waals surface area contributed by atoms with Crippen LogP contribution in [0.5, 0.6) is 0 Å². The van der Waals surface area contributed by atoms with Gasteiger partial charge in [0.25, 0.3) is 0 Å². The van der Waals surface area contributed by atoms with Gasteiger partial charge in [0.1, 0.15) is 11.8 Å². The molecule has 3 atom stereocenters. The average molecular weight is 409 g/mol. The number of sulfonamides is 1. The molecular weight excluding hydrogens is 380 g/mol. The van der Waals surface area contributed by atoms with Crippen LogP contribution in [0.4, 0.5) is 5.69 Å². The van der Waals surface area contributed by atoms with E-state index in [4.69, 9.17) is 10.8 Å². The van der Waals surface area contributed by atoms with E-state index in [1.807, 2.05) is 20.8 Å². The number of Topliss-reactive ketones (excluding diaryl/α,β-unsaturated/α-hetero) is 1. The number of nitrogens with one attached hydrogen (secondary N) is 1. The van der Waals surface area contributed by atoms with Gasteiger partial charge >= 0.3 is 5.97 Å². The summed E-state index contributed by atoms with van der Waals surface area (Å²) in [5.41, 5.74) is 6.32. The highest BCUT2D eigenvalue weighted by atomic mass is 32.2. The van der Waals surface area contributed by atoms with E-state index in [-0.39, 0.29) is 29.3 Å². The molecule has 28 heavy (non-hydrogen) atoms. The number of hydrogen-bond donors (Lipinski definition) is 3. The summed E-state index contributed by atoms with van der Waals surface area (Å²) in [6, 6.07) is 3.93. The standard InChI is InChI=1S/C20H28N2O5S/c1-12-4-5-15(8-13(12)9-16(21)18(24)25)22-28(26,27)11-20-7-6-14(10-17(20)23)19(20,2)3/h4-5,8,14,16,22H,6-7,9-11,21H2,1-3H3,(H,24,25)/t14-,16+,20+/m1/s1. The average Bonchev–Trinajstić information content (AvgIpc) is 2.91.